The third kappa shape index (κ3) is 3.77. The number of halogens is 2. The highest BCUT2D eigenvalue weighted by Crippen LogP contribution is 2.32. The maximum absolute atomic E-state index is 11.1. The summed E-state index contributed by atoms with van der Waals surface area (Å²) < 4.78 is 4.76. The van der Waals surface area contributed by atoms with E-state index in [0.717, 1.165) is 19.4 Å². The molecule has 3 aromatic carbocycles. The van der Waals surface area contributed by atoms with Crippen LogP contribution in [0.15, 0.2) is 60.7 Å². The number of nitrogens with zero attached hydrogens (tertiary/aromatic N) is 2. The topological polar surface area (TPSA) is 28.4 Å². The third-order valence-electron chi connectivity index (χ3n) is 5.82. The lowest BCUT2D eigenvalue weighted by Crippen LogP contribution is -2.38. The van der Waals surface area contributed by atoms with Gasteiger partial charge in [0.25, 0.3) is 0 Å². The van der Waals surface area contributed by atoms with Crippen molar-refractivity contribution in [1.29, 1.82) is 0 Å². The molecular formula is C24H22I2N2O. The molecule has 1 atom stereocenters. The van der Waals surface area contributed by atoms with E-state index in [0.29, 0.717) is 13.1 Å². The smallest absolute Gasteiger partial charge is 0.0893 e. The second-order valence-electron chi connectivity index (χ2n) is 7.77. The zero-order valence-electron chi connectivity index (χ0n) is 16.0. The quantitative estimate of drug-likeness (QED) is 0.296. The van der Waals surface area contributed by atoms with E-state index >= 15 is 0 Å². The maximum Gasteiger partial charge on any atom is 0.0893 e. The lowest BCUT2D eigenvalue weighted by atomic mass is 10.0. The summed E-state index contributed by atoms with van der Waals surface area (Å²) >= 11 is 4.75. The number of benzene rings is 3. The number of β-amino-alcohol motifs (C(OH)–C–C–N with tert-alkyl or cyclic N) is 1. The van der Waals surface area contributed by atoms with Crippen LogP contribution in [0.1, 0.15) is 12.0 Å². The Morgan fingerprint density at radius 2 is 1.52 bits per heavy atom. The minimum atomic E-state index is -0.432. The number of aromatic nitrogens is 1. The van der Waals surface area contributed by atoms with Crippen molar-refractivity contribution in [2.75, 3.05) is 18.0 Å². The number of anilines is 1. The summed E-state index contributed by atoms with van der Waals surface area (Å²) in [5, 5.41) is 13.6. The first-order valence-electron chi connectivity index (χ1n) is 9.98. The van der Waals surface area contributed by atoms with Crippen molar-refractivity contribution in [3.8, 4) is 0 Å². The summed E-state index contributed by atoms with van der Waals surface area (Å²) in [6.45, 7) is 2.27. The molecule has 0 fully saturated rings. The third-order valence-corrected chi connectivity index (χ3v) is 7.16. The van der Waals surface area contributed by atoms with Crippen LogP contribution in [0.5, 0.6) is 0 Å². The summed E-state index contributed by atoms with van der Waals surface area (Å²) in [7, 11) is 0. The van der Waals surface area contributed by atoms with Crippen molar-refractivity contribution >= 4 is 72.7 Å². The summed E-state index contributed by atoms with van der Waals surface area (Å²) in [6, 6.07) is 21.8. The van der Waals surface area contributed by atoms with Gasteiger partial charge in [-0.2, -0.15) is 0 Å². The van der Waals surface area contributed by atoms with Crippen molar-refractivity contribution in [1.82, 2.24) is 4.57 Å². The Labute approximate surface area is 198 Å². The number of para-hydroxylation sites is 1. The van der Waals surface area contributed by atoms with Gasteiger partial charge in [-0.15, -0.1) is 0 Å². The van der Waals surface area contributed by atoms with Crippen LogP contribution in [-0.2, 0) is 13.0 Å². The summed E-state index contributed by atoms with van der Waals surface area (Å²) in [5.74, 6) is 0. The maximum atomic E-state index is 11.1. The van der Waals surface area contributed by atoms with E-state index in [1.54, 1.807) is 0 Å². The average Bonchev–Trinajstić information content (AvgIpc) is 3.00. The number of rotatable bonds is 4. The molecule has 148 valence electrons. The van der Waals surface area contributed by atoms with Crippen LogP contribution in [0.3, 0.4) is 0 Å². The SMILES string of the molecule is OC(CN1CCCc2ccccc21)Cn1c2ccc(I)cc2c2cc(I)ccc21. The van der Waals surface area contributed by atoms with Gasteiger partial charge in [-0.05, 0) is 106 Å². The van der Waals surface area contributed by atoms with Gasteiger partial charge >= 0.3 is 0 Å². The van der Waals surface area contributed by atoms with Crippen molar-refractivity contribution in [2.24, 2.45) is 0 Å². The van der Waals surface area contributed by atoms with Crippen molar-refractivity contribution in [3.05, 3.63) is 73.4 Å². The number of hydrogen-bond acceptors (Lipinski definition) is 2. The van der Waals surface area contributed by atoms with Crippen LogP contribution >= 0.6 is 45.2 Å². The lowest BCUT2D eigenvalue weighted by Gasteiger charge is -2.33. The van der Waals surface area contributed by atoms with Gasteiger partial charge in [0.15, 0.2) is 0 Å². The Hall–Kier alpha value is -1.32. The number of fused-ring (bicyclic) bond motifs is 4. The van der Waals surface area contributed by atoms with E-state index in [1.807, 2.05) is 0 Å². The Bertz CT molecular complexity index is 1140. The van der Waals surface area contributed by atoms with E-state index in [1.165, 1.54) is 40.2 Å². The molecule has 4 aromatic rings. The van der Waals surface area contributed by atoms with Gasteiger partial charge in [0, 0.05) is 47.7 Å². The summed E-state index contributed by atoms with van der Waals surface area (Å²) in [5.41, 5.74) is 5.07. The molecule has 0 aliphatic carbocycles. The fourth-order valence-corrected chi connectivity index (χ4v) is 5.55. The molecule has 5 heteroatoms. The molecule has 2 heterocycles. The molecule has 0 spiro atoms. The molecule has 1 aliphatic rings. The zero-order valence-corrected chi connectivity index (χ0v) is 20.3. The Kier molecular flexibility index (Phi) is 5.47. The van der Waals surface area contributed by atoms with E-state index in [9.17, 15) is 5.11 Å². The van der Waals surface area contributed by atoms with Crippen LogP contribution < -0.4 is 4.90 Å². The van der Waals surface area contributed by atoms with Crippen LogP contribution in [0.25, 0.3) is 21.8 Å². The molecule has 0 bridgehead atoms. The highest BCUT2D eigenvalue weighted by molar-refractivity contribution is 14.1. The number of aryl methyl sites for hydroxylation is 1. The van der Waals surface area contributed by atoms with Crippen molar-refractivity contribution in [2.45, 2.75) is 25.5 Å². The largest absolute Gasteiger partial charge is 0.389 e. The second kappa shape index (κ2) is 8.07. The monoisotopic (exact) mass is 608 g/mol. The normalized spacial score (nSPS) is 15.1. The van der Waals surface area contributed by atoms with E-state index < -0.39 is 6.10 Å². The second-order valence-corrected chi connectivity index (χ2v) is 10.3. The Balaban J connectivity index is 1.49. The predicted octanol–water partition coefficient (Wildman–Crippen LogP) is 5.82. The van der Waals surface area contributed by atoms with Gasteiger partial charge in [0.1, 0.15) is 0 Å². The molecule has 1 aliphatic heterocycles. The van der Waals surface area contributed by atoms with Crippen molar-refractivity contribution < 1.29 is 5.11 Å². The van der Waals surface area contributed by atoms with Gasteiger partial charge in [-0.25, -0.2) is 0 Å². The highest BCUT2D eigenvalue weighted by Gasteiger charge is 2.20. The van der Waals surface area contributed by atoms with Crippen LogP contribution in [0, 0.1) is 7.14 Å². The molecule has 29 heavy (non-hydrogen) atoms. The first-order valence-corrected chi connectivity index (χ1v) is 12.1. The fourth-order valence-electron chi connectivity index (χ4n) is 4.57. The molecule has 0 amide bonds. The molecule has 3 nitrogen and oxygen atoms in total. The van der Waals surface area contributed by atoms with Gasteiger partial charge in [0.05, 0.1) is 12.6 Å². The summed E-state index contributed by atoms with van der Waals surface area (Å²) in [4.78, 5) is 2.35. The highest BCUT2D eigenvalue weighted by atomic mass is 127. The lowest BCUT2D eigenvalue weighted by molar-refractivity contribution is 0.161. The average molecular weight is 608 g/mol. The number of aliphatic hydroxyl groups is 1. The minimum absolute atomic E-state index is 0.432. The molecule has 0 saturated heterocycles. The van der Waals surface area contributed by atoms with Crippen molar-refractivity contribution in [3.63, 3.8) is 0 Å². The molecule has 0 saturated carbocycles. The molecule has 1 aromatic heterocycles. The molecular weight excluding hydrogens is 586 g/mol. The van der Waals surface area contributed by atoms with E-state index in [4.69, 9.17) is 0 Å². The molecule has 1 unspecified atom stereocenters. The minimum Gasteiger partial charge on any atom is -0.389 e. The zero-order chi connectivity index (χ0) is 20.0. The molecule has 1 N–H and O–H groups in total. The van der Waals surface area contributed by atoms with Gasteiger partial charge in [-0.3, -0.25) is 0 Å². The van der Waals surface area contributed by atoms with E-state index in [-0.39, 0.29) is 0 Å². The Morgan fingerprint density at radius 3 is 2.21 bits per heavy atom. The fraction of sp³-hybridized carbons (Fsp3) is 0.250. The standard InChI is InChI=1S/C24H22I2N2O/c25-17-7-9-23-20(12-17)21-13-18(26)8-10-24(21)28(23)15-19(29)14-27-11-3-5-16-4-1-2-6-22(16)27/h1-2,4,6-10,12-13,19,29H,3,5,11,14-15H2. The molecule has 0 radical (unpaired) electrons. The van der Waals surface area contributed by atoms with Crippen LogP contribution in [0.4, 0.5) is 5.69 Å². The van der Waals surface area contributed by atoms with Crippen LogP contribution in [0.2, 0.25) is 0 Å². The number of aliphatic hydroxyl groups excluding tert-OH is 1. The summed E-state index contributed by atoms with van der Waals surface area (Å²) in [6.07, 6.45) is 1.85. The predicted molar refractivity (Wildman–Crippen MR) is 138 cm³/mol. The molecule has 5 rings (SSSR count). The number of hydrogen-bond donors (Lipinski definition) is 1. The Morgan fingerprint density at radius 1 is 0.862 bits per heavy atom. The first kappa shape index (κ1) is 19.6. The van der Waals surface area contributed by atoms with Gasteiger partial charge < -0.3 is 14.6 Å². The van der Waals surface area contributed by atoms with E-state index in [2.05, 4.69) is 115 Å². The van der Waals surface area contributed by atoms with Crippen LogP contribution in [-0.4, -0.2) is 28.9 Å². The van der Waals surface area contributed by atoms with Gasteiger partial charge in [-0.1, -0.05) is 18.2 Å². The van der Waals surface area contributed by atoms with Gasteiger partial charge in [0.2, 0.25) is 0 Å². The first-order chi connectivity index (χ1) is 14.1.